The molecule has 5 aliphatic rings. The van der Waals surface area contributed by atoms with E-state index < -0.39 is 29.9 Å². The van der Waals surface area contributed by atoms with Crippen molar-refractivity contribution in [2.75, 3.05) is 0 Å². The molecular formula is C21H26O9. The number of carbonyl (C=O) groups is 2. The first kappa shape index (κ1) is 20.1. The van der Waals surface area contributed by atoms with Crippen LogP contribution in [-0.2, 0) is 19.2 Å². The third-order valence-corrected chi connectivity index (χ3v) is 7.46. The van der Waals surface area contributed by atoms with E-state index in [2.05, 4.69) is 0 Å². The summed E-state index contributed by atoms with van der Waals surface area (Å²) in [6.07, 6.45) is 1.29. The highest BCUT2D eigenvalue weighted by Gasteiger charge is 2.69. The molecule has 30 heavy (non-hydrogen) atoms. The number of ether oxygens (including phenoxy) is 2. The van der Waals surface area contributed by atoms with Crippen LogP contribution in [0.15, 0.2) is 16.5 Å². The molecule has 1 aromatic rings. The molecule has 164 valence electrons. The molecule has 1 spiro atoms. The molecule has 0 radical (unpaired) electrons. The molecule has 5 heterocycles. The quantitative estimate of drug-likeness (QED) is 0.556. The summed E-state index contributed by atoms with van der Waals surface area (Å²) in [5.74, 6) is -2.93. The summed E-state index contributed by atoms with van der Waals surface area (Å²) in [5, 5.41) is 19.5. The van der Waals surface area contributed by atoms with Crippen molar-refractivity contribution in [3.8, 4) is 0 Å². The largest absolute Gasteiger partial charge is 0.475 e. The van der Waals surface area contributed by atoms with Crippen LogP contribution >= 0.6 is 0 Å². The second kappa shape index (κ2) is 6.86. The van der Waals surface area contributed by atoms with Gasteiger partial charge in [-0.1, -0.05) is 6.92 Å². The van der Waals surface area contributed by atoms with Gasteiger partial charge in [-0.25, -0.2) is 14.6 Å². The Morgan fingerprint density at radius 2 is 1.90 bits per heavy atom. The molecule has 2 N–H and O–H groups in total. The molecule has 0 unspecified atom stereocenters. The number of furan rings is 1. The number of aromatic carboxylic acids is 1. The Morgan fingerprint density at radius 1 is 1.13 bits per heavy atom. The van der Waals surface area contributed by atoms with Crippen LogP contribution < -0.4 is 0 Å². The number of aliphatic hydroxyl groups is 1. The number of carboxylic acid groups (broad SMARTS) is 1. The monoisotopic (exact) mass is 422 g/mol. The van der Waals surface area contributed by atoms with Crippen molar-refractivity contribution >= 4 is 11.8 Å². The minimum Gasteiger partial charge on any atom is -0.475 e. The van der Waals surface area contributed by atoms with Crippen LogP contribution in [0.5, 0.6) is 0 Å². The summed E-state index contributed by atoms with van der Waals surface area (Å²) in [4.78, 5) is 35.7. The fourth-order valence-corrected chi connectivity index (χ4v) is 5.90. The zero-order valence-electron chi connectivity index (χ0n) is 16.9. The van der Waals surface area contributed by atoms with Crippen LogP contribution in [0.4, 0.5) is 0 Å². The second-order valence-electron chi connectivity index (χ2n) is 9.18. The van der Waals surface area contributed by atoms with Crippen molar-refractivity contribution < 1.29 is 43.5 Å². The molecule has 5 fully saturated rings. The van der Waals surface area contributed by atoms with Gasteiger partial charge in [0.15, 0.2) is 29.7 Å². The predicted molar refractivity (Wildman–Crippen MR) is 98.0 cm³/mol. The van der Waals surface area contributed by atoms with Crippen molar-refractivity contribution in [3.05, 3.63) is 23.7 Å². The normalized spacial score (nSPS) is 44.9. The molecule has 2 bridgehead atoms. The minimum absolute atomic E-state index is 0.0340. The highest BCUT2D eigenvalue weighted by atomic mass is 17.3. The Hall–Kier alpha value is -1.78. The fraction of sp³-hybridized carbons (Fsp3) is 0.714. The van der Waals surface area contributed by atoms with Crippen molar-refractivity contribution in [1.29, 1.82) is 0 Å². The van der Waals surface area contributed by atoms with Crippen molar-refractivity contribution in [1.82, 2.24) is 0 Å². The van der Waals surface area contributed by atoms with Gasteiger partial charge in [-0.2, -0.15) is 0 Å². The molecule has 9 nitrogen and oxygen atoms in total. The van der Waals surface area contributed by atoms with E-state index in [1.165, 1.54) is 12.1 Å². The number of rotatable bonds is 4. The van der Waals surface area contributed by atoms with E-state index in [0.29, 0.717) is 6.42 Å². The number of Topliss-reactive ketones (excluding diaryl/α,β-unsaturated/α-hetero) is 1. The first-order chi connectivity index (χ1) is 14.2. The summed E-state index contributed by atoms with van der Waals surface area (Å²) < 4.78 is 17.2. The lowest BCUT2D eigenvalue weighted by molar-refractivity contribution is -0.576. The standard InChI is InChI=1S/C21H26O9/c1-10-12-4-3-11(9-14(22)15-5-6-16(26-15)17(23)24)13-7-8-20(2)28-19(27-18(10)25)21(12,13)30-29-20/h5-6,10-13,18-19,25H,3-4,7-9H2,1-2H3,(H,23,24)/t10-,11+,12+,13+,18+,19-,20+,21+/m1/s1. The number of fused-ring (bicyclic) bond motifs is 2. The Labute approximate surface area is 173 Å². The average molecular weight is 422 g/mol. The fourth-order valence-electron chi connectivity index (χ4n) is 5.90. The lowest BCUT2D eigenvalue weighted by Crippen LogP contribution is -2.70. The zero-order valence-corrected chi connectivity index (χ0v) is 16.9. The van der Waals surface area contributed by atoms with Gasteiger partial charge in [0.05, 0.1) is 0 Å². The summed E-state index contributed by atoms with van der Waals surface area (Å²) in [6, 6.07) is 2.70. The Bertz CT molecular complexity index is 864. The smallest absolute Gasteiger partial charge is 0.371 e. The van der Waals surface area contributed by atoms with E-state index in [9.17, 15) is 14.7 Å². The van der Waals surface area contributed by atoms with E-state index in [-0.39, 0.29) is 47.4 Å². The van der Waals surface area contributed by atoms with Crippen LogP contribution in [0.2, 0.25) is 0 Å². The molecule has 1 aliphatic carbocycles. The van der Waals surface area contributed by atoms with Crippen LogP contribution in [0.3, 0.4) is 0 Å². The lowest BCUT2D eigenvalue weighted by atomic mass is 9.57. The van der Waals surface area contributed by atoms with Crippen LogP contribution in [0.25, 0.3) is 0 Å². The molecule has 0 aromatic carbocycles. The first-order valence-corrected chi connectivity index (χ1v) is 10.5. The number of hydrogen-bond donors (Lipinski definition) is 2. The number of ketones is 1. The molecular weight excluding hydrogens is 396 g/mol. The average Bonchev–Trinajstić information content (AvgIpc) is 3.10. The van der Waals surface area contributed by atoms with Gasteiger partial charge in [-0.3, -0.25) is 4.79 Å². The maximum absolute atomic E-state index is 12.9. The van der Waals surface area contributed by atoms with E-state index in [1.54, 1.807) is 6.92 Å². The van der Waals surface area contributed by atoms with Gasteiger partial charge in [-0.05, 0) is 50.2 Å². The topological polar surface area (TPSA) is 125 Å². The lowest BCUT2D eigenvalue weighted by Gasteiger charge is -2.59. The van der Waals surface area contributed by atoms with Crippen LogP contribution in [-0.4, -0.2) is 45.9 Å². The van der Waals surface area contributed by atoms with Crippen molar-refractivity contribution in [2.45, 2.75) is 69.9 Å². The van der Waals surface area contributed by atoms with Gasteiger partial charge in [-0.15, -0.1) is 0 Å². The molecule has 9 heteroatoms. The number of carboxylic acids is 1. The summed E-state index contributed by atoms with van der Waals surface area (Å²) in [7, 11) is 0. The SMILES string of the molecule is C[C@H]1[C@@H](O)O[C@@H]2O[C@]3(C)CC[C@H]4[C@H](CC(=O)c5ccc(C(=O)O)o5)CC[C@@H]1[C@@]24OO3. The number of aliphatic hydroxyl groups excluding tert-OH is 1. The van der Waals surface area contributed by atoms with Gasteiger partial charge in [0.2, 0.25) is 11.5 Å². The van der Waals surface area contributed by atoms with Crippen molar-refractivity contribution in [2.24, 2.45) is 23.7 Å². The molecule has 0 amide bonds. The van der Waals surface area contributed by atoms with Gasteiger partial charge in [0.1, 0.15) is 0 Å². The number of hydrogen-bond acceptors (Lipinski definition) is 8. The zero-order chi connectivity index (χ0) is 21.3. The molecule has 6 rings (SSSR count). The molecule has 1 saturated carbocycles. The van der Waals surface area contributed by atoms with Crippen LogP contribution in [0.1, 0.15) is 67.1 Å². The van der Waals surface area contributed by atoms with E-state index in [0.717, 1.165) is 19.3 Å². The number of carbonyl (C=O) groups excluding carboxylic acids is 1. The molecule has 4 saturated heterocycles. The summed E-state index contributed by atoms with van der Waals surface area (Å²) in [5.41, 5.74) is -0.896. The summed E-state index contributed by atoms with van der Waals surface area (Å²) in [6.45, 7) is 3.72. The Kier molecular flexibility index (Phi) is 4.61. The maximum atomic E-state index is 12.9. The van der Waals surface area contributed by atoms with Gasteiger partial charge in [0, 0.05) is 24.7 Å². The highest BCUT2D eigenvalue weighted by Crippen LogP contribution is 2.60. The second-order valence-corrected chi connectivity index (χ2v) is 9.18. The third kappa shape index (κ3) is 2.87. The van der Waals surface area contributed by atoms with Gasteiger partial charge < -0.3 is 24.1 Å². The molecule has 1 aromatic heterocycles. The molecule has 8 atom stereocenters. The predicted octanol–water partition coefficient (Wildman–Crippen LogP) is 2.73. The van der Waals surface area contributed by atoms with Gasteiger partial charge >= 0.3 is 5.97 Å². The molecule has 4 aliphatic heterocycles. The first-order valence-electron chi connectivity index (χ1n) is 10.5. The van der Waals surface area contributed by atoms with E-state index in [4.69, 9.17) is 28.8 Å². The third-order valence-electron chi connectivity index (χ3n) is 7.46. The Morgan fingerprint density at radius 3 is 2.63 bits per heavy atom. The maximum Gasteiger partial charge on any atom is 0.371 e. The van der Waals surface area contributed by atoms with Gasteiger partial charge in [0.25, 0.3) is 0 Å². The summed E-state index contributed by atoms with van der Waals surface area (Å²) >= 11 is 0. The van der Waals surface area contributed by atoms with E-state index in [1.807, 2.05) is 6.92 Å². The van der Waals surface area contributed by atoms with E-state index >= 15 is 0 Å². The Balaban J connectivity index is 1.45. The van der Waals surface area contributed by atoms with Crippen LogP contribution in [0, 0.1) is 23.7 Å². The van der Waals surface area contributed by atoms with Crippen molar-refractivity contribution in [3.63, 3.8) is 0 Å². The minimum atomic E-state index is -1.21. The highest BCUT2D eigenvalue weighted by molar-refractivity contribution is 5.95.